The number of likely N-dealkylation sites (tertiary alicyclic amines) is 1. The van der Waals surface area contributed by atoms with Crippen LogP contribution in [-0.2, 0) is 4.74 Å². The molecule has 0 bridgehead atoms. The summed E-state index contributed by atoms with van der Waals surface area (Å²) in [5, 5.41) is 14.2. The van der Waals surface area contributed by atoms with E-state index in [1.807, 2.05) is 38.4 Å². The van der Waals surface area contributed by atoms with E-state index in [4.69, 9.17) is 9.47 Å². The Labute approximate surface area is 186 Å². The Hall–Kier alpha value is -3.23. The third-order valence-electron chi connectivity index (χ3n) is 5.48. The van der Waals surface area contributed by atoms with E-state index in [2.05, 4.69) is 15.3 Å². The van der Waals surface area contributed by atoms with Crippen LogP contribution in [0.5, 0.6) is 5.75 Å². The summed E-state index contributed by atoms with van der Waals surface area (Å²) in [4.78, 5) is 14.2. The van der Waals surface area contributed by atoms with E-state index >= 15 is 0 Å². The van der Waals surface area contributed by atoms with Crippen molar-refractivity contribution in [2.75, 3.05) is 20.2 Å². The molecule has 2 aromatic heterocycles. The molecule has 1 atom stereocenters. The molecule has 0 aliphatic carbocycles. The molecule has 4 rings (SSSR count). The number of hydrogen-bond donors (Lipinski definition) is 0. The lowest BCUT2D eigenvalue weighted by atomic mass is 10.0. The van der Waals surface area contributed by atoms with Gasteiger partial charge in [0.05, 0.1) is 25.0 Å². The third-order valence-corrected chi connectivity index (χ3v) is 5.48. The highest BCUT2D eigenvalue weighted by molar-refractivity contribution is 5.81. The molecule has 1 fully saturated rings. The second kappa shape index (κ2) is 8.37. The van der Waals surface area contributed by atoms with Gasteiger partial charge < -0.3 is 14.4 Å². The highest BCUT2D eigenvalue weighted by Crippen LogP contribution is 2.34. The zero-order valence-electron chi connectivity index (χ0n) is 19.1. The SMILES string of the molecule is COc1cc(F)cc(C)c1-c1cc2cnn([C@@H]3CCCN(C(=O)OC(C)(C)C)C3)c2nn1. The van der Waals surface area contributed by atoms with Crippen LogP contribution in [0, 0.1) is 12.7 Å². The van der Waals surface area contributed by atoms with E-state index in [1.165, 1.54) is 19.2 Å². The van der Waals surface area contributed by atoms with Crippen LogP contribution in [0.25, 0.3) is 22.3 Å². The van der Waals surface area contributed by atoms with Crippen molar-refractivity contribution in [3.63, 3.8) is 0 Å². The molecule has 0 spiro atoms. The summed E-state index contributed by atoms with van der Waals surface area (Å²) >= 11 is 0. The van der Waals surface area contributed by atoms with Crippen molar-refractivity contribution in [2.45, 2.75) is 52.2 Å². The number of ether oxygens (including phenoxy) is 2. The van der Waals surface area contributed by atoms with Gasteiger partial charge in [-0.1, -0.05) is 0 Å². The first-order chi connectivity index (χ1) is 15.2. The maximum Gasteiger partial charge on any atom is 0.410 e. The smallest absolute Gasteiger partial charge is 0.410 e. The fourth-order valence-corrected chi connectivity index (χ4v) is 4.09. The molecular weight excluding hydrogens is 413 g/mol. The van der Waals surface area contributed by atoms with Gasteiger partial charge in [0.1, 0.15) is 17.2 Å². The number of rotatable bonds is 3. The van der Waals surface area contributed by atoms with Gasteiger partial charge >= 0.3 is 6.09 Å². The quantitative estimate of drug-likeness (QED) is 0.594. The van der Waals surface area contributed by atoms with Gasteiger partial charge in [-0.2, -0.15) is 5.10 Å². The molecule has 1 saturated heterocycles. The normalized spacial score (nSPS) is 16.9. The van der Waals surface area contributed by atoms with Crippen LogP contribution in [0.15, 0.2) is 24.4 Å². The minimum atomic E-state index is -0.538. The van der Waals surface area contributed by atoms with Crippen molar-refractivity contribution in [2.24, 2.45) is 0 Å². The minimum absolute atomic E-state index is 0.0176. The van der Waals surface area contributed by atoms with Crippen molar-refractivity contribution in [3.05, 3.63) is 35.8 Å². The fraction of sp³-hybridized carbons (Fsp3) is 0.478. The Morgan fingerprint density at radius 3 is 2.72 bits per heavy atom. The number of fused-ring (bicyclic) bond motifs is 1. The molecule has 1 amide bonds. The van der Waals surface area contributed by atoms with Crippen molar-refractivity contribution in [3.8, 4) is 17.0 Å². The summed E-state index contributed by atoms with van der Waals surface area (Å²) in [6.07, 6.45) is 3.16. The molecular formula is C23H28FN5O3. The summed E-state index contributed by atoms with van der Waals surface area (Å²) in [5.41, 5.74) is 2.10. The number of methoxy groups -OCH3 is 1. The summed E-state index contributed by atoms with van der Waals surface area (Å²) in [6, 6.07) is 4.64. The maximum absolute atomic E-state index is 13.8. The molecule has 9 heteroatoms. The fourth-order valence-electron chi connectivity index (χ4n) is 4.09. The van der Waals surface area contributed by atoms with Gasteiger partial charge in [0.2, 0.25) is 0 Å². The van der Waals surface area contributed by atoms with E-state index < -0.39 is 5.60 Å². The van der Waals surface area contributed by atoms with Crippen LogP contribution in [0.4, 0.5) is 9.18 Å². The lowest BCUT2D eigenvalue weighted by Gasteiger charge is -2.34. The van der Waals surface area contributed by atoms with Crippen molar-refractivity contribution in [1.82, 2.24) is 24.9 Å². The third kappa shape index (κ3) is 4.37. The van der Waals surface area contributed by atoms with E-state index in [0.717, 1.165) is 18.2 Å². The highest BCUT2D eigenvalue weighted by Gasteiger charge is 2.30. The maximum atomic E-state index is 13.8. The van der Waals surface area contributed by atoms with Crippen molar-refractivity contribution >= 4 is 17.1 Å². The summed E-state index contributed by atoms with van der Waals surface area (Å²) in [6.45, 7) is 8.54. The van der Waals surface area contributed by atoms with Crippen LogP contribution >= 0.6 is 0 Å². The van der Waals surface area contributed by atoms with Crippen LogP contribution in [0.1, 0.15) is 45.2 Å². The number of carbonyl (C=O) groups excluding carboxylic acids is 1. The van der Waals surface area contributed by atoms with Crippen LogP contribution in [0.3, 0.4) is 0 Å². The molecule has 3 aromatic rings. The van der Waals surface area contributed by atoms with Crippen LogP contribution in [-0.4, -0.2) is 56.8 Å². The van der Waals surface area contributed by atoms with Gasteiger partial charge in [-0.3, -0.25) is 0 Å². The average Bonchev–Trinajstić information content (AvgIpc) is 3.15. The first-order valence-electron chi connectivity index (χ1n) is 10.7. The lowest BCUT2D eigenvalue weighted by Crippen LogP contribution is -2.43. The number of hydrogen-bond acceptors (Lipinski definition) is 6. The Kier molecular flexibility index (Phi) is 5.75. The van der Waals surface area contributed by atoms with E-state index in [1.54, 1.807) is 11.1 Å². The number of aryl methyl sites for hydroxylation is 1. The van der Waals surface area contributed by atoms with Crippen LogP contribution in [0.2, 0.25) is 0 Å². The molecule has 0 N–H and O–H groups in total. The predicted molar refractivity (Wildman–Crippen MR) is 118 cm³/mol. The van der Waals surface area contributed by atoms with Gasteiger partial charge in [-0.05, 0) is 58.2 Å². The number of carbonyl (C=O) groups is 1. The Balaban J connectivity index is 1.62. The molecule has 32 heavy (non-hydrogen) atoms. The summed E-state index contributed by atoms with van der Waals surface area (Å²) in [5.74, 6) is 0.0422. The Morgan fingerprint density at radius 1 is 1.22 bits per heavy atom. The molecule has 1 aliphatic rings. The van der Waals surface area contributed by atoms with Crippen molar-refractivity contribution < 1.29 is 18.7 Å². The van der Waals surface area contributed by atoms with E-state index in [0.29, 0.717) is 41.3 Å². The molecule has 1 aliphatic heterocycles. The lowest BCUT2D eigenvalue weighted by molar-refractivity contribution is 0.0169. The second-order valence-corrected chi connectivity index (χ2v) is 9.12. The number of benzene rings is 1. The second-order valence-electron chi connectivity index (χ2n) is 9.12. The highest BCUT2D eigenvalue weighted by atomic mass is 19.1. The molecule has 1 aromatic carbocycles. The minimum Gasteiger partial charge on any atom is -0.496 e. The van der Waals surface area contributed by atoms with E-state index in [9.17, 15) is 9.18 Å². The summed E-state index contributed by atoms with van der Waals surface area (Å²) in [7, 11) is 1.50. The first kappa shape index (κ1) is 22.0. The largest absolute Gasteiger partial charge is 0.496 e. The van der Waals surface area contributed by atoms with Gasteiger partial charge in [0.25, 0.3) is 0 Å². The number of nitrogens with zero attached hydrogens (tertiary/aromatic N) is 5. The molecule has 8 nitrogen and oxygen atoms in total. The standard InChI is InChI=1S/C23H28FN5O3/c1-14-9-16(24)11-19(31-5)20(14)18-10-15-12-25-29(21(15)27-26-18)17-7-6-8-28(13-17)22(30)32-23(2,3)4/h9-12,17H,6-8,13H2,1-5H3/t17-/m1/s1. The molecule has 0 radical (unpaired) electrons. The molecule has 170 valence electrons. The zero-order chi connectivity index (χ0) is 23.0. The van der Waals surface area contributed by atoms with Crippen LogP contribution < -0.4 is 4.74 Å². The number of amides is 1. The number of halogens is 1. The number of aromatic nitrogens is 4. The Bertz CT molecular complexity index is 1150. The van der Waals surface area contributed by atoms with E-state index in [-0.39, 0.29) is 18.0 Å². The van der Waals surface area contributed by atoms with Gasteiger partial charge in [-0.25, -0.2) is 13.9 Å². The van der Waals surface area contributed by atoms with Crippen molar-refractivity contribution in [1.29, 1.82) is 0 Å². The average molecular weight is 442 g/mol. The monoisotopic (exact) mass is 441 g/mol. The molecule has 0 unspecified atom stereocenters. The summed E-state index contributed by atoms with van der Waals surface area (Å²) < 4.78 is 26.5. The molecule has 0 saturated carbocycles. The Morgan fingerprint density at radius 2 is 2.00 bits per heavy atom. The van der Waals surface area contributed by atoms with Gasteiger partial charge in [0.15, 0.2) is 5.65 Å². The zero-order valence-corrected chi connectivity index (χ0v) is 19.1. The molecule has 3 heterocycles. The number of piperidine rings is 1. The van der Waals surface area contributed by atoms with Gasteiger partial charge in [0, 0.05) is 30.1 Å². The topological polar surface area (TPSA) is 82.4 Å². The first-order valence-corrected chi connectivity index (χ1v) is 10.7. The van der Waals surface area contributed by atoms with Gasteiger partial charge in [-0.15, -0.1) is 10.2 Å². The predicted octanol–water partition coefficient (Wildman–Crippen LogP) is 4.52.